The van der Waals surface area contributed by atoms with Crippen LogP contribution in [-0.4, -0.2) is 78.8 Å². The Morgan fingerprint density at radius 1 is 0.688 bits per heavy atom. The lowest BCUT2D eigenvalue weighted by molar-refractivity contribution is -0.139. The minimum Gasteiger partial charge on any atom is -0.481 e. The SMILES string of the molecule is CC(C)(CO)CO.O=C(O)CCCCC(=O)O.O=C(O)c1ccc(C(=O)O)c(C(=O)O)c1. The highest BCUT2D eigenvalue weighted by atomic mass is 16.4. The summed E-state index contributed by atoms with van der Waals surface area (Å²) in [5.41, 5.74) is -1.55. The molecule has 1 aromatic carbocycles. The molecule has 12 nitrogen and oxygen atoms in total. The van der Waals surface area contributed by atoms with Gasteiger partial charge in [-0.1, -0.05) is 13.8 Å². The summed E-state index contributed by atoms with van der Waals surface area (Å²) in [6.07, 6.45) is 1.02. The van der Waals surface area contributed by atoms with Crippen LogP contribution in [0.3, 0.4) is 0 Å². The fourth-order valence-electron chi connectivity index (χ4n) is 1.64. The Kier molecular flexibility index (Phi) is 14.7. The zero-order valence-corrected chi connectivity index (χ0v) is 17.6. The number of hydrogen-bond donors (Lipinski definition) is 7. The van der Waals surface area contributed by atoms with E-state index in [2.05, 4.69) is 0 Å². The van der Waals surface area contributed by atoms with Crippen molar-refractivity contribution in [2.45, 2.75) is 39.5 Å². The van der Waals surface area contributed by atoms with E-state index in [-0.39, 0.29) is 37.0 Å². The first-order chi connectivity index (χ1) is 14.7. The van der Waals surface area contributed by atoms with Crippen LogP contribution in [-0.2, 0) is 9.59 Å². The van der Waals surface area contributed by atoms with Crippen LogP contribution in [0, 0.1) is 5.41 Å². The van der Waals surface area contributed by atoms with Gasteiger partial charge in [0.05, 0.1) is 29.9 Å². The van der Waals surface area contributed by atoms with E-state index < -0.39 is 41.0 Å². The quantitative estimate of drug-likeness (QED) is 0.246. The average molecular weight is 460 g/mol. The van der Waals surface area contributed by atoms with Crippen LogP contribution < -0.4 is 0 Å². The number of aliphatic hydroxyl groups is 2. The molecule has 0 saturated carbocycles. The standard InChI is InChI=1S/C9H6O6.C6H10O4.C5H12O2/c10-7(11)4-1-2-5(8(12)13)6(3-4)9(14)15;7-5(8)3-1-2-4-6(9)10;1-5(2,3-6)4-7/h1-3H,(H,10,11)(H,12,13)(H,14,15);1-4H2,(H,7,8)(H,9,10);6-7H,3-4H2,1-2H3. The minimum atomic E-state index is -1.48. The van der Waals surface area contributed by atoms with Gasteiger partial charge in [0.1, 0.15) is 0 Å². The number of aromatic carboxylic acids is 3. The molecule has 32 heavy (non-hydrogen) atoms. The molecule has 0 radical (unpaired) electrons. The lowest BCUT2D eigenvalue weighted by atomic mass is 9.97. The number of benzene rings is 1. The molecule has 0 aliphatic carbocycles. The van der Waals surface area contributed by atoms with Crippen molar-refractivity contribution in [2.24, 2.45) is 5.41 Å². The van der Waals surface area contributed by atoms with E-state index in [1.165, 1.54) is 0 Å². The lowest BCUT2D eigenvalue weighted by Crippen LogP contribution is -2.20. The van der Waals surface area contributed by atoms with Gasteiger partial charge in [0.25, 0.3) is 0 Å². The topological polar surface area (TPSA) is 227 Å². The van der Waals surface area contributed by atoms with Crippen molar-refractivity contribution in [2.75, 3.05) is 13.2 Å². The summed E-state index contributed by atoms with van der Waals surface area (Å²) in [5.74, 6) is -5.94. The average Bonchev–Trinajstić information content (AvgIpc) is 2.71. The summed E-state index contributed by atoms with van der Waals surface area (Å²) in [6.45, 7) is 3.69. The van der Waals surface area contributed by atoms with Gasteiger partial charge in [-0.05, 0) is 31.0 Å². The van der Waals surface area contributed by atoms with Gasteiger partial charge in [-0.2, -0.15) is 0 Å². The molecule has 0 bridgehead atoms. The smallest absolute Gasteiger partial charge is 0.336 e. The van der Waals surface area contributed by atoms with Crippen LogP contribution in [0.1, 0.15) is 70.6 Å². The first-order valence-corrected chi connectivity index (χ1v) is 9.17. The molecular formula is C20H28O12. The third kappa shape index (κ3) is 14.5. The Hall–Kier alpha value is -3.51. The van der Waals surface area contributed by atoms with Crippen LogP contribution in [0.25, 0.3) is 0 Å². The number of aliphatic hydroxyl groups excluding tert-OH is 2. The van der Waals surface area contributed by atoms with E-state index in [4.69, 9.17) is 35.7 Å². The first kappa shape index (κ1) is 30.7. The number of carboxylic acid groups (broad SMARTS) is 5. The summed E-state index contributed by atoms with van der Waals surface area (Å²) >= 11 is 0. The molecule has 1 aromatic rings. The van der Waals surface area contributed by atoms with Gasteiger partial charge >= 0.3 is 29.8 Å². The molecule has 0 heterocycles. The van der Waals surface area contributed by atoms with Gasteiger partial charge in [0.15, 0.2) is 0 Å². The highest BCUT2D eigenvalue weighted by Gasteiger charge is 2.18. The maximum Gasteiger partial charge on any atom is 0.336 e. The van der Waals surface area contributed by atoms with Crippen molar-refractivity contribution in [1.82, 2.24) is 0 Å². The van der Waals surface area contributed by atoms with Crippen LogP contribution in [0.15, 0.2) is 18.2 Å². The normalized spacial score (nSPS) is 10.0. The predicted molar refractivity (Wildman–Crippen MR) is 109 cm³/mol. The second kappa shape index (κ2) is 15.3. The van der Waals surface area contributed by atoms with Crippen LogP contribution in [0.5, 0.6) is 0 Å². The molecule has 1 rings (SSSR count). The van der Waals surface area contributed by atoms with Gasteiger partial charge < -0.3 is 35.7 Å². The molecule has 0 aliphatic rings. The summed E-state index contributed by atoms with van der Waals surface area (Å²) in [6, 6.07) is 2.81. The largest absolute Gasteiger partial charge is 0.481 e. The van der Waals surface area contributed by atoms with Crippen molar-refractivity contribution in [3.63, 3.8) is 0 Å². The molecule has 0 fully saturated rings. The van der Waals surface area contributed by atoms with E-state index in [0.717, 1.165) is 18.2 Å². The number of hydrogen-bond acceptors (Lipinski definition) is 7. The predicted octanol–water partition coefficient (Wildman–Crippen LogP) is 1.49. The maximum atomic E-state index is 10.6. The number of carboxylic acids is 5. The second-order valence-corrected chi connectivity index (χ2v) is 7.15. The summed E-state index contributed by atoms with van der Waals surface area (Å²) in [7, 11) is 0. The molecule has 0 atom stereocenters. The van der Waals surface area contributed by atoms with Crippen molar-refractivity contribution < 1.29 is 59.7 Å². The van der Waals surface area contributed by atoms with E-state index in [1.807, 2.05) is 0 Å². The Morgan fingerprint density at radius 2 is 1.09 bits per heavy atom. The molecule has 0 aromatic heterocycles. The van der Waals surface area contributed by atoms with Crippen molar-refractivity contribution >= 4 is 29.8 Å². The van der Waals surface area contributed by atoms with E-state index in [0.29, 0.717) is 12.8 Å². The zero-order valence-electron chi connectivity index (χ0n) is 17.6. The van der Waals surface area contributed by atoms with Crippen LogP contribution >= 0.6 is 0 Å². The third-order valence-corrected chi connectivity index (χ3v) is 3.61. The maximum absolute atomic E-state index is 10.6. The van der Waals surface area contributed by atoms with Crippen LogP contribution in [0.2, 0.25) is 0 Å². The van der Waals surface area contributed by atoms with Crippen LogP contribution in [0.4, 0.5) is 0 Å². The first-order valence-electron chi connectivity index (χ1n) is 9.17. The highest BCUT2D eigenvalue weighted by Crippen LogP contribution is 2.12. The Morgan fingerprint density at radius 3 is 1.34 bits per heavy atom. The zero-order chi connectivity index (χ0) is 25.5. The molecule has 180 valence electrons. The Balaban J connectivity index is 0. The number of rotatable bonds is 10. The Bertz CT molecular complexity index is 776. The van der Waals surface area contributed by atoms with E-state index in [9.17, 15) is 24.0 Å². The fraction of sp³-hybridized carbons (Fsp3) is 0.450. The van der Waals surface area contributed by atoms with E-state index >= 15 is 0 Å². The number of unbranched alkanes of at least 4 members (excludes halogenated alkanes) is 1. The monoisotopic (exact) mass is 460 g/mol. The fourth-order valence-corrected chi connectivity index (χ4v) is 1.64. The molecule has 7 N–H and O–H groups in total. The van der Waals surface area contributed by atoms with Gasteiger partial charge in [0.2, 0.25) is 0 Å². The molecule has 12 heteroatoms. The summed E-state index contributed by atoms with van der Waals surface area (Å²) < 4.78 is 0. The van der Waals surface area contributed by atoms with E-state index in [1.54, 1.807) is 13.8 Å². The molecular weight excluding hydrogens is 432 g/mol. The lowest BCUT2D eigenvalue weighted by Gasteiger charge is -2.16. The second-order valence-electron chi connectivity index (χ2n) is 7.15. The number of aliphatic carboxylic acids is 2. The minimum absolute atomic E-state index is 0.0451. The molecule has 0 saturated heterocycles. The Labute approximate surface area is 183 Å². The number of carbonyl (C=O) groups is 5. The highest BCUT2D eigenvalue weighted by molar-refractivity contribution is 6.03. The molecule has 0 aliphatic heterocycles. The van der Waals surface area contributed by atoms with Gasteiger partial charge in [-0.15, -0.1) is 0 Å². The molecule has 0 amide bonds. The van der Waals surface area contributed by atoms with Crippen molar-refractivity contribution in [1.29, 1.82) is 0 Å². The summed E-state index contributed by atoms with van der Waals surface area (Å²) in [5, 5.41) is 59.0. The third-order valence-electron chi connectivity index (χ3n) is 3.61. The van der Waals surface area contributed by atoms with Crippen molar-refractivity contribution in [3.05, 3.63) is 34.9 Å². The van der Waals surface area contributed by atoms with Gasteiger partial charge in [-0.25, -0.2) is 14.4 Å². The molecule has 0 spiro atoms. The van der Waals surface area contributed by atoms with Crippen molar-refractivity contribution in [3.8, 4) is 0 Å². The molecule has 0 unspecified atom stereocenters. The summed E-state index contributed by atoms with van der Waals surface area (Å²) in [4.78, 5) is 51.6. The van der Waals surface area contributed by atoms with Gasteiger partial charge in [0, 0.05) is 18.3 Å². The van der Waals surface area contributed by atoms with Gasteiger partial charge in [-0.3, -0.25) is 9.59 Å².